The van der Waals surface area contributed by atoms with Crippen LogP contribution in [0.2, 0.25) is 0 Å². The van der Waals surface area contributed by atoms with E-state index in [0.717, 1.165) is 13.1 Å². The summed E-state index contributed by atoms with van der Waals surface area (Å²) < 4.78 is 0. The first kappa shape index (κ1) is 13.0. The topological polar surface area (TPSA) is 6.48 Å². The van der Waals surface area contributed by atoms with E-state index in [9.17, 15) is 0 Å². The second-order valence-electron chi connectivity index (χ2n) is 5.68. The van der Waals surface area contributed by atoms with E-state index in [0.29, 0.717) is 12.1 Å². The third-order valence-electron chi connectivity index (χ3n) is 4.09. The minimum Gasteiger partial charge on any atom is -0.367 e. The van der Waals surface area contributed by atoms with Gasteiger partial charge in [-0.05, 0) is 38.1 Å². The monoisotopic (exact) mass is 266 g/mol. The number of benzene rings is 2. The van der Waals surface area contributed by atoms with Gasteiger partial charge in [0.05, 0.1) is 0 Å². The van der Waals surface area contributed by atoms with Gasteiger partial charge in [-0.3, -0.25) is 0 Å². The maximum atomic E-state index is 2.54. The van der Waals surface area contributed by atoms with Crippen molar-refractivity contribution < 1.29 is 0 Å². The van der Waals surface area contributed by atoms with Gasteiger partial charge >= 0.3 is 0 Å². The molecule has 1 aliphatic rings. The first-order chi connectivity index (χ1) is 9.75. The molecule has 0 bridgehead atoms. The van der Waals surface area contributed by atoms with Gasteiger partial charge < -0.3 is 9.80 Å². The van der Waals surface area contributed by atoms with Crippen LogP contribution in [-0.2, 0) is 0 Å². The lowest BCUT2D eigenvalue weighted by molar-refractivity contribution is 0.475. The molecule has 1 saturated heterocycles. The maximum absolute atomic E-state index is 2.54. The Labute approximate surface area is 121 Å². The van der Waals surface area contributed by atoms with E-state index >= 15 is 0 Å². The Morgan fingerprint density at radius 2 is 1.15 bits per heavy atom. The lowest BCUT2D eigenvalue weighted by Crippen LogP contribution is -2.57. The van der Waals surface area contributed by atoms with E-state index in [1.54, 1.807) is 0 Å². The number of hydrogen-bond donors (Lipinski definition) is 0. The zero-order valence-corrected chi connectivity index (χ0v) is 12.2. The van der Waals surface area contributed by atoms with Crippen LogP contribution >= 0.6 is 0 Å². The molecule has 0 radical (unpaired) electrons. The minimum absolute atomic E-state index is 0.515. The van der Waals surface area contributed by atoms with Gasteiger partial charge in [-0.25, -0.2) is 0 Å². The first-order valence-electron chi connectivity index (χ1n) is 7.39. The number of rotatable bonds is 2. The molecule has 1 aliphatic heterocycles. The molecule has 0 aromatic heterocycles. The first-order valence-corrected chi connectivity index (χ1v) is 7.39. The lowest BCUT2D eigenvalue weighted by atomic mass is 10.1. The zero-order chi connectivity index (χ0) is 13.9. The van der Waals surface area contributed by atoms with Gasteiger partial charge in [-0.15, -0.1) is 0 Å². The van der Waals surface area contributed by atoms with Crippen LogP contribution in [0, 0.1) is 0 Å². The highest BCUT2D eigenvalue weighted by molar-refractivity contribution is 5.53. The smallest absolute Gasteiger partial charge is 0.0440 e. The van der Waals surface area contributed by atoms with Crippen molar-refractivity contribution >= 4 is 11.4 Å². The Morgan fingerprint density at radius 1 is 0.700 bits per heavy atom. The van der Waals surface area contributed by atoms with E-state index < -0.39 is 0 Å². The van der Waals surface area contributed by atoms with Crippen molar-refractivity contribution in [3.63, 3.8) is 0 Å². The van der Waals surface area contributed by atoms with Crippen LogP contribution in [0.25, 0.3) is 0 Å². The van der Waals surface area contributed by atoms with Gasteiger partial charge in [0.1, 0.15) is 0 Å². The summed E-state index contributed by atoms with van der Waals surface area (Å²) in [5.41, 5.74) is 2.67. The molecule has 1 fully saturated rings. The quantitative estimate of drug-likeness (QED) is 0.816. The predicted molar refractivity (Wildman–Crippen MR) is 86.5 cm³/mol. The van der Waals surface area contributed by atoms with Crippen molar-refractivity contribution in [2.45, 2.75) is 25.9 Å². The summed E-state index contributed by atoms with van der Waals surface area (Å²) in [5, 5.41) is 0. The molecule has 104 valence electrons. The number of para-hydroxylation sites is 2. The Hall–Kier alpha value is -1.96. The van der Waals surface area contributed by atoms with E-state index in [1.807, 2.05) is 0 Å². The summed E-state index contributed by atoms with van der Waals surface area (Å²) in [6.07, 6.45) is 0. The molecule has 0 spiro atoms. The molecule has 0 amide bonds. The van der Waals surface area contributed by atoms with Gasteiger partial charge in [0.25, 0.3) is 0 Å². The standard InChI is InChI=1S/C18H22N2/c1-15-13-19(17-9-5-3-6-10-17)14-16(2)20(15)18-11-7-4-8-12-18/h3-12,15-16H,13-14H2,1-2H3/t15-,16+. The van der Waals surface area contributed by atoms with Crippen molar-refractivity contribution in [3.05, 3.63) is 60.7 Å². The Morgan fingerprint density at radius 3 is 1.65 bits per heavy atom. The molecule has 0 saturated carbocycles. The van der Waals surface area contributed by atoms with Crippen LogP contribution in [0.5, 0.6) is 0 Å². The van der Waals surface area contributed by atoms with Crippen LogP contribution in [-0.4, -0.2) is 25.2 Å². The van der Waals surface area contributed by atoms with Crippen LogP contribution < -0.4 is 9.80 Å². The molecule has 1 heterocycles. The molecule has 2 aromatic carbocycles. The largest absolute Gasteiger partial charge is 0.367 e. The van der Waals surface area contributed by atoms with Crippen molar-refractivity contribution in [2.24, 2.45) is 0 Å². The fourth-order valence-corrected chi connectivity index (χ4v) is 3.28. The molecule has 0 N–H and O–H groups in total. The van der Waals surface area contributed by atoms with Crippen LogP contribution in [0.1, 0.15) is 13.8 Å². The van der Waals surface area contributed by atoms with Crippen LogP contribution in [0.3, 0.4) is 0 Å². The Bertz CT molecular complexity index is 526. The summed E-state index contributed by atoms with van der Waals surface area (Å²) in [6, 6.07) is 22.5. The van der Waals surface area contributed by atoms with Gasteiger partial charge in [0.15, 0.2) is 0 Å². The van der Waals surface area contributed by atoms with E-state index in [-0.39, 0.29) is 0 Å². The molecular weight excluding hydrogens is 244 g/mol. The van der Waals surface area contributed by atoms with Crippen molar-refractivity contribution in [2.75, 3.05) is 22.9 Å². The van der Waals surface area contributed by atoms with Gasteiger partial charge in [0, 0.05) is 36.5 Å². The van der Waals surface area contributed by atoms with E-state index in [2.05, 4.69) is 84.3 Å². The highest BCUT2D eigenvalue weighted by Crippen LogP contribution is 2.27. The molecule has 3 rings (SSSR count). The molecule has 2 aromatic rings. The predicted octanol–water partition coefficient (Wildman–Crippen LogP) is 3.79. The SMILES string of the molecule is C[C@@H]1CN(c2ccccc2)C[C@H](C)N1c1ccccc1. The minimum atomic E-state index is 0.515. The van der Waals surface area contributed by atoms with E-state index in [4.69, 9.17) is 0 Å². The molecule has 2 heteroatoms. The summed E-state index contributed by atoms with van der Waals surface area (Å²) in [5.74, 6) is 0. The average molecular weight is 266 g/mol. The Balaban J connectivity index is 1.80. The summed E-state index contributed by atoms with van der Waals surface area (Å²) in [6.45, 7) is 6.78. The van der Waals surface area contributed by atoms with Crippen LogP contribution in [0.4, 0.5) is 11.4 Å². The molecule has 0 unspecified atom stereocenters. The Kier molecular flexibility index (Phi) is 3.64. The highest BCUT2D eigenvalue weighted by Gasteiger charge is 2.29. The number of hydrogen-bond acceptors (Lipinski definition) is 2. The molecule has 2 nitrogen and oxygen atoms in total. The van der Waals surface area contributed by atoms with Gasteiger partial charge in [0.2, 0.25) is 0 Å². The molecule has 20 heavy (non-hydrogen) atoms. The maximum Gasteiger partial charge on any atom is 0.0440 e. The molecule has 2 atom stereocenters. The average Bonchev–Trinajstić information content (AvgIpc) is 2.48. The third-order valence-corrected chi connectivity index (χ3v) is 4.09. The third kappa shape index (κ3) is 2.51. The summed E-state index contributed by atoms with van der Waals surface area (Å²) in [4.78, 5) is 5.04. The van der Waals surface area contributed by atoms with Crippen molar-refractivity contribution in [1.29, 1.82) is 0 Å². The second kappa shape index (κ2) is 5.58. The number of anilines is 2. The number of piperazine rings is 1. The summed E-state index contributed by atoms with van der Waals surface area (Å²) >= 11 is 0. The van der Waals surface area contributed by atoms with Crippen molar-refractivity contribution in [3.8, 4) is 0 Å². The van der Waals surface area contributed by atoms with E-state index in [1.165, 1.54) is 11.4 Å². The molecular formula is C18H22N2. The molecule has 0 aliphatic carbocycles. The summed E-state index contributed by atoms with van der Waals surface area (Å²) in [7, 11) is 0. The van der Waals surface area contributed by atoms with Crippen LogP contribution in [0.15, 0.2) is 60.7 Å². The fraction of sp³-hybridized carbons (Fsp3) is 0.333. The van der Waals surface area contributed by atoms with Gasteiger partial charge in [-0.1, -0.05) is 36.4 Å². The number of nitrogens with zero attached hydrogens (tertiary/aromatic N) is 2. The second-order valence-corrected chi connectivity index (χ2v) is 5.68. The van der Waals surface area contributed by atoms with Crippen molar-refractivity contribution in [1.82, 2.24) is 0 Å². The zero-order valence-electron chi connectivity index (χ0n) is 12.2. The van der Waals surface area contributed by atoms with Gasteiger partial charge in [-0.2, -0.15) is 0 Å². The normalized spacial score (nSPS) is 22.9. The fourth-order valence-electron chi connectivity index (χ4n) is 3.28. The highest BCUT2D eigenvalue weighted by atomic mass is 15.3. The lowest BCUT2D eigenvalue weighted by Gasteiger charge is -2.46.